The number of hydrogen-bond donors (Lipinski definition) is 22. The molecule has 0 fully saturated rings. The molecule has 12 atom stereocenters. The van der Waals surface area contributed by atoms with E-state index in [0.717, 1.165) is 0 Å². The van der Waals surface area contributed by atoms with Crippen molar-refractivity contribution in [3.05, 3.63) is 65.7 Å². The molecule has 24 N–H and O–H groups in total. The van der Waals surface area contributed by atoms with Crippen LogP contribution in [0.25, 0.3) is 0 Å². The molecule has 96 heavy (non-hydrogen) atoms. The lowest BCUT2D eigenvalue weighted by molar-refractivity contribution is -0.143. The largest absolute Gasteiger partial charge is 0.508 e. The number of aliphatic hydroxyl groups is 3. The summed E-state index contributed by atoms with van der Waals surface area (Å²) in [6.45, 7) is 3.62. The second-order valence-corrected chi connectivity index (χ2v) is 24.5. The van der Waals surface area contributed by atoms with Crippen LogP contribution in [0.3, 0.4) is 0 Å². The highest BCUT2D eigenvalue weighted by Gasteiger charge is 2.37. The highest BCUT2D eigenvalue weighted by Crippen LogP contribution is 2.15. The van der Waals surface area contributed by atoms with E-state index < -0.39 is 181 Å². The van der Waals surface area contributed by atoms with Crippen LogP contribution < -0.4 is 81.4 Å². The number of carbonyl (C=O) groups is 13. The number of rotatable bonds is 44. The van der Waals surface area contributed by atoms with Gasteiger partial charge in [-0.1, -0.05) is 70.2 Å². The van der Waals surface area contributed by atoms with Crippen molar-refractivity contribution < 1.29 is 87.9 Å². The Morgan fingerprint density at radius 2 is 0.844 bits per heavy atom. The minimum Gasteiger partial charge on any atom is -0.508 e. The summed E-state index contributed by atoms with van der Waals surface area (Å²) in [5.74, 6) is -15.4. The highest BCUT2D eigenvalue weighted by atomic mass is 32.2. The monoisotopic (exact) mass is 1410 g/mol. The van der Waals surface area contributed by atoms with Crippen molar-refractivity contribution in [3.8, 4) is 5.75 Å². The highest BCUT2D eigenvalue weighted by molar-refractivity contribution is 7.98. The van der Waals surface area contributed by atoms with Crippen molar-refractivity contribution in [2.24, 2.45) is 39.8 Å². The zero-order valence-corrected chi connectivity index (χ0v) is 56.4. The van der Waals surface area contributed by atoms with Gasteiger partial charge >= 0.3 is 5.97 Å². The SMILES string of the molecule is CSCC[C@H](NC(=O)[C@H](CC(N)=O)NC(=O)[C@H](CO)NC(=O)[C@H](CS)NC(=O)[C@@H](N)C(C)C)C(=O)N[C@@H](Cc1ccc(O)cc1)C(=O)N[C@@H](Cc1ccccc1)C(=O)N[C@@H](CO)C(=O)N[C@@H](CS)C(=O)N[C@@H](CCCN=C(N)N)C(=O)N[C@@H](CC(C)C)C(=O)N[C@@H](CO)C(=O)O. The smallest absolute Gasteiger partial charge is 0.328 e. The van der Waals surface area contributed by atoms with Gasteiger partial charge in [0.05, 0.1) is 32.3 Å². The van der Waals surface area contributed by atoms with E-state index in [2.05, 4.69) is 88.7 Å². The minimum absolute atomic E-state index is 0.0186. The molecule has 34 nitrogen and oxygen atoms in total. The van der Waals surface area contributed by atoms with Gasteiger partial charge in [0.25, 0.3) is 0 Å². The Kier molecular flexibility index (Phi) is 37.9. The average molecular weight is 1410 g/mol. The van der Waals surface area contributed by atoms with Crippen LogP contribution in [0.15, 0.2) is 59.6 Å². The summed E-state index contributed by atoms with van der Waals surface area (Å²) in [4.78, 5) is 180. The van der Waals surface area contributed by atoms with Crippen LogP contribution in [0.1, 0.15) is 70.9 Å². The number of aliphatic hydroxyl groups excluding tert-OH is 3. The van der Waals surface area contributed by atoms with Gasteiger partial charge in [0.1, 0.15) is 72.2 Å². The van der Waals surface area contributed by atoms with Gasteiger partial charge in [-0.25, -0.2) is 4.79 Å². The lowest BCUT2D eigenvalue weighted by Crippen LogP contribution is -2.62. The van der Waals surface area contributed by atoms with Gasteiger partial charge in [0, 0.05) is 30.9 Å². The Hall–Kier alpha value is -8.49. The molecule has 534 valence electrons. The van der Waals surface area contributed by atoms with Crippen molar-refractivity contribution in [3.63, 3.8) is 0 Å². The number of amides is 12. The molecule has 0 radical (unpaired) electrons. The molecule has 0 spiro atoms. The van der Waals surface area contributed by atoms with E-state index >= 15 is 0 Å². The number of nitrogens with zero attached hydrogens (tertiary/aromatic N) is 1. The van der Waals surface area contributed by atoms with Gasteiger partial charge in [-0.05, 0) is 72.8 Å². The molecule has 0 aliphatic carbocycles. The molecule has 0 aliphatic heterocycles. The molecule has 2 aromatic carbocycles. The molecule has 0 saturated heterocycles. The maximum atomic E-state index is 14.7. The van der Waals surface area contributed by atoms with E-state index in [-0.39, 0.29) is 80.1 Å². The summed E-state index contributed by atoms with van der Waals surface area (Å²) in [6, 6.07) is -5.18. The zero-order chi connectivity index (χ0) is 72.4. The van der Waals surface area contributed by atoms with Gasteiger partial charge in [-0.15, -0.1) is 0 Å². The van der Waals surface area contributed by atoms with Gasteiger partial charge < -0.3 is 107 Å². The normalized spacial score (nSPS) is 14.8. The lowest BCUT2D eigenvalue weighted by atomic mass is 10.0. The maximum Gasteiger partial charge on any atom is 0.328 e. The molecule has 0 bridgehead atoms. The molecule has 2 aromatic rings. The average Bonchev–Trinajstić information content (AvgIpc) is 0.892. The first-order valence-electron chi connectivity index (χ1n) is 30.3. The molecule has 12 amide bonds. The zero-order valence-electron chi connectivity index (χ0n) is 53.8. The number of aliphatic imine (C=N–C) groups is 1. The number of thiol groups is 2. The van der Waals surface area contributed by atoms with Crippen molar-refractivity contribution >= 4 is 120 Å². The second-order valence-electron chi connectivity index (χ2n) is 22.8. The standard InChI is InChI=1S/C59H92N16O18S3/c1-29(2)20-36(49(83)73-42(26-78)58(92)93)67-47(81)34(12-9-18-64-59(62)63)65-55(89)43(27-94)74-54(88)41(25-77)71-51(85)37(21-31-10-7-6-8-11-31)69-50(84)38(22-32-13-15-33(79)16-14-32)68-48(82)35(17-19-96-5)66-52(86)39(23-45(60)80)70-53(87)40(24-76)72-56(90)44(28-95)75-57(91)46(61)30(3)4/h6-8,10-11,13-16,29-30,34-44,46,76-79,94-95H,9,12,17-28,61H2,1-5H3,(H2,60,80)(H,65,89)(H,66,86)(H,67,81)(H,68,82)(H,69,84)(H,70,87)(H,71,85)(H,72,90)(H,73,83)(H,74,88)(H,75,91)(H,92,93)(H4,62,63,64)/t34-,35-,36-,37-,38-,39-,40-,41-,42-,43-,44-,46-/m0/s1. The number of nitrogens with two attached hydrogens (primary N) is 4. The molecule has 37 heteroatoms. The molecular formula is C59H92N16O18S3. The number of phenolic OH excluding ortho intramolecular Hbond substituents is 1. The van der Waals surface area contributed by atoms with Crippen LogP contribution in [0.2, 0.25) is 0 Å². The Morgan fingerprint density at radius 3 is 1.27 bits per heavy atom. The number of phenols is 1. The number of aromatic hydroxyl groups is 1. The summed E-state index contributed by atoms with van der Waals surface area (Å²) in [6.07, 6.45) is -0.0665. The van der Waals surface area contributed by atoms with Crippen LogP contribution in [-0.2, 0) is 75.2 Å². The van der Waals surface area contributed by atoms with E-state index in [1.165, 1.54) is 36.0 Å². The van der Waals surface area contributed by atoms with E-state index in [4.69, 9.17) is 22.9 Å². The number of hydrogen-bond acceptors (Lipinski definition) is 22. The van der Waals surface area contributed by atoms with E-state index in [1.54, 1.807) is 64.3 Å². The third-order valence-electron chi connectivity index (χ3n) is 14.2. The predicted molar refractivity (Wildman–Crippen MR) is 359 cm³/mol. The quantitative estimate of drug-likeness (QED) is 0.0127. The predicted octanol–water partition coefficient (Wildman–Crippen LogP) is -6.86. The van der Waals surface area contributed by atoms with Gasteiger partial charge in [-0.3, -0.25) is 62.5 Å². The molecule has 0 aromatic heterocycles. The van der Waals surface area contributed by atoms with Crippen LogP contribution in [-0.4, -0.2) is 231 Å². The van der Waals surface area contributed by atoms with Crippen molar-refractivity contribution in [1.82, 2.24) is 58.5 Å². The second kappa shape index (κ2) is 43.6. The third-order valence-corrected chi connectivity index (χ3v) is 15.6. The van der Waals surface area contributed by atoms with E-state index in [0.29, 0.717) is 11.1 Å². The molecular weight excluding hydrogens is 1320 g/mol. The fourth-order valence-corrected chi connectivity index (χ4v) is 9.77. The number of benzene rings is 2. The van der Waals surface area contributed by atoms with Gasteiger partial charge in [0.15, 0.2) is 5.96 Å². The summed E-state index contributed by atoms with van der Waals surface area (Å²) in [5, 5.41) is 76.2. The lowest BCUT2D eigenvalue weighted by Gasteiger charge is -2.28. The molecule has 0 saturated carbocycles. The van der Waals surface area contributed by atoms with Crippen LogP contribution in [0.5, 0.6) is 5.75 Å². The van der Waals surface area contributed by atoms with Crippen LogP contribution >= 0.6 is 37.0 Å². The summed E-state index contributed by atoms with van der Waals surface area (Å²) < 4.78 is 0. The maximum absolute atomic E-state index is 14.7. The Morgan fingerprint density at radius 1 is 0.479 bits per heavy atom. The number of thioether (sulfide) groups is 1. The molecule has 2 rings (SSSR count). The first-order valence-corrected chi connectivity index (χ1v) is 33.0. The Bertz CT molecular complexity index is 2970. The molecule has 0 aliphatic rings. The Balaban J connectivity index is 2.52. The number of carboxylic acids is 1. The van der Waals surface area contributed by atoms with E-state index in [1.807, 2.05) is 0 Å². The third kappa shape index (κ3) is 30.1. The Labute approximate surface area is 569 Å². The first kappa shape index (κ1) is 83.6. The van der Waals surface area contributed by atoms with Crippen molar-refractivity contribution in [1.29, 1.82) is 0 Å². The fraction of sp³-hybridized carbons (Fsp3) is 0.559. The number of guanidine groups is 1. The molecule has 0 heterocycles. The summed E-state index contributed by atoms with van der Waals surface area (Å²) in [7, 11) is 0. The van der Waals surface area contributed by atoms with E-state index in [9.17, 15) is 87.9 Å². The number of aliphatic carboxylic acids is 1. The van der Waals surface area contributed by atoms with Crippen LogP contribution in [0.4, 0.5) is 0 Å². The number of carbonyl (C=O) groups excluding carboxylic acids is 12. The van der Waals surface area contributed by atoms with Crippen molar-refractivity contribution in [2.45, 2.75) is 145 Å². The van der Waals surface area contributed by atoms with Crippen LogP contribution in [0, 0.1) is 11.8 Å². The number of primary amides is 1. The van der Waals surface area contributed by atoms with Gasteiger partial charge in [-0.2, -0.15) is 37.0 Å². The summed E-state index contributed by atoms with van der Waals surface area (Å²) >= 11 is 9.56. The topological polar surface area (TPSA) is 572 Å². The fourth-order valence-electron chi connectivity index (χ4n) is 8.78. The summed E-state index contributed by atoms with van der Waals surface area (Å²) in [5.41, 5.74) is 23.1. The van der Waals surface area contributed by atoms with Gasteiger partial charge in [0.2, 0.25) is 70.9 Å². The number of carboxylic acid groups (broad SMARTS) is 1. The van der Waals surface area contributed by atoms with Crippen molar-refractivity contribution in [2.75, 3.05) is 49.9 Å². The number of nitrogens with one attached hydrogen (secondary N) is 11. The molecule has 0 unspecified atom stereocenters. The first-order chi connectivity index (χ1) is 45.3. The minimum atomic E-state index is -1.85.